The van der Waals surface area contributed by atoms with Crippen LogP contribution in [0.5, 0.6) is 0 Å². The van der Waals surface area contributed by atoms with Crippen molar-refractivity contribution in [1.29, 1.82) is 0 Å². The summed E-state index contributed by atoms with van der Waals surface area (Å²) in [7, 11) is 0. The van der Waals surface area contributed by atoms with Crippen LogP contribution in [-0.2, 0) is 11.2 Å². The Morgan fingerprint density at radius 3 is 2.50 bits per heavy atom. The Kier molecular flexibility index (Phi) is 7.37. The molecule has 7 heteroatoms. The number of nitrogens with one attached hydrogen (secondary N) is 1. The zero-order chi connectivity index (χ0) is 22.3. The molecule has 1 amide bonds. The van der Waals surface area contributed by atoms with E-state index >= 15 is 0 Å². The normalized spacial score (nSPS) is 14.3. The molecule has 1 aromatic heterocycles. The number of benzene rings is 2. The molecule has 0 saturated heterocycles. The molecule has 0 bridgehead atoms. The van der Waals surface area contributed by atoms with Crippen molar-refractivity contribution in [1.82, 2.24) is 14.8 Å². The number of hydrogen-bond acceptors (Lipinski definition) is 5. The fourth-order valence-electron chi connectivity index (χ4n) is 4.03. The molecule has 32 heavy (non-hydrogen) atoms. The SMILES string of the molecule is CCc1ccccc1NC(=O)CSc1nc(-c2ccccc2)nn1C(=O)C1CCCCC1. The van der Waals surface area contributed by atoms with Gasteiger partial charge >= 0.3 is 0 Å². The van der Waals surface area contributed by atoms with E-state index in [1.165, 1.54) is 22.9 Å². The molecule has 0 radical (unpaired) electrons. The van der Waals surface area contributed by atoms with Crippen LogP contribution in [0.15, 0.2) is 59.8 Å². The summed E-state index contributed by atoms with van der Waals surface area (Å²) >= 11 is 1.25. The number of hydrogen-bond donors (Lipinski definition) is 1. The summed E-state index contributed by atoms with van der Waals surface area (Å²) < 4.78 is 1.43. The molecular formula is C25H28N4O2S. The standard InChI is InChI=1S/C25H28N4O2S/c1-2-18-11-9-10-16-21(18)26-22(30)17-32-25-27-23(19-12-5-3-6-13-19)28-29(25)24(31)20-14-7-4-8-15-20/h3,5-6,9-13,16,20H,2,4,7-8,14-15,17H2,1H3,(H,26,30). The molecule has 1 aliphatic carbocycles. The van der Waals surface area contributed by atoms with Gasteiger partial charge in [-0.15, -0.1) is 5.10 Å². The van der Waals surface area contributed by atoms with Crippen molar-refractivity contribution in [2.45, 2.75) is 50.6 Å². The molecule has 1 saturated carbocycles. The summed E-state index contributed by atoms with van der Waals surface area (Å²) in [6.45, 7) is 2.06. The number of carbonyl (C=O) groups excluding carboxylic acids is 2. The molecule has 0 atom stereocenters. The van der Waals surface area contributed by atoms with Gasteiger partial charge in [0, 0.05) is 17.2 Å². The highest BCUT2D eigenvalue weighted by Crippen LogP contribution is 2.28. The second kappa shape index (κ2) is 10.6. The number of anilines is 1. The lowest BCUT2D eigenvalue weighted by atomic mass is 9.89. The van der Waals surface area contributed by atoms with Gasteiger partial charge in [0.2, 0.25) is 5.91 Å². The Balaban J connectivity index is 1.52. The lowest BCUT2D eigenvalue weighted by Gasteiger charge is -2.20. The van der Waals surface area contributed by atoms with Crippen LogP contribution in [0, 0.1) is 5.92 Å². The van der Waals surface area contributed by atoms with Crippen LogP contribution >= 0.6 is 11.8 Å². The largest absolute Gasteiger partial charge is 0.325 e. The maximum Gasteiger partial charge on any atom is 0.252 e. The van der Waals surface area contributed by atoms with Crippen molar-refractivity contribution >= 4 is 29.3 Å². The quantitative estimate of drug-likeness (QED) is 0.486. The summed E-state index contributed by atoms with van der Waals surface area (Å²) in [5, 5.41) is 8.00. The van der Waals surface area contributed by atoms with E-state index < -0.39 is 0 Å². The summed E-state index contributed by atoms with van der Waals surface area (Å²) in [4.78, 5) is 30.5. The topological polar surface area (TPSA) is 76.9 Å². The van der Waals surface area contributed by atoms with Crippen LogP contribution in [0.25, 0.3) is 11.4 Å². The van der Waals surface area contributed by atoms with Crippen LogP contribution in [0.1, 0.15) is 49.4 Å². The van der Waals surface area contributed by atoms with E-state index in [0.29, 0.717) is 11.0 Å². The first kappa shape index (κ1) is 22.3. The van der Waals surface area contributed by atoms with Crippen LogP contribution in [-0.4, -0.2) is 32.3 Å². The third-order valence-electron chi connectivity index (χ3n) is 5.78. The summed E-state index contributed by atoms with van der Waals surface area (Å²) in [6, 6.07) is 17.4. The molecule has 6 nitrogen and oxygen atoms in total. The first-order chi connectivity index (χ1) is 15.7. The van der Waals surface area contributed by atoms with E-state index in [0.717, 1.165) is 48.9 Å². The predicted molar refractivity (Wildman–Crippen MR) is 128 cm³/mol. The Labute approximate surface area is 192 Å². The van der Waals surface area contributed by atoms with Gasteiger partial charge in [-0.05, 0) is 30.9 Å². The first-order valence-corrected chi connectivity index (χ1v) is 12.2. The Morgan fingerprint density at radius 2 is 1.75 bits per heavy atom. The maximum atomic E-state index is 13.2. The van der Waals surface area contributed by atoms with Crippen molar-refractivity contribution in [3.8, 4) is 11.4 Å². The molecule has 1 N–H and O–H groups in total. The summed E-state index contributed by atoms with van der Waals surface area (Å²) in [5.74, 6) is 0.492. The highest BCUT2D eigenvalue weighted by Gasteiger charge is 2.27. The second-order valence-corrected chi connectivity index (χ2v) is 8.96. The minimum Gasteiger partial charge on any atom is -0.325 e. The number of rotatable bonds is 7. The average Bonchev–Trinajstić information content (AvgIpc) is 3.28. The number of nitrogens with zero attached hydrogens (tertiary/aromatic N) is 3. The smallest absolute Gasteiger partial charge is 0.252 e. The van der Waals surface area contributed by atoms with Gasteiger partial charge in [-0.3, -0.25) is 9.59 Å². The Hall–Kier alpha value is -2.93. The number of aryl methyl sites for hydroxylation is 1. The van der Waals surface area contributed by atoms with Gasteiger partial charge in [0.05, 0.1) is 5.75 Å². The third kappa shape index (κ3) is 5.27. The molecule has 4 rings (SSSR count). The van der Waals surface area contributed by atoms with Gasteiger partial charge in [0.25, 0.3) is 5.91 Å². The fraction of sp³-hybridized carbons (Fsp3) is 0.360. The van der Waals surface area contributed by atoms with Crippen LogP contribution in [0.3, 0.4) is 0 Å². The molecule has 1 fully saturated rings. The third-order valence-corrected chi connectivity index (χ3v) is 6.71. The van der Waals surface area contributed by atoms with Crippen molar-refractivity contribution in [3.05, 3.63) is 60.2 Å². The van der Waals surface area contributed by atoms with Crippen LogP contribution < -0.4 is 5.32 Å². The van der Waals surface area contributed by atoms with Crippen molar-refractivity contribution in [2.75, 3.05) is 11.1 Å². The maximum absolute atomic E-state index is 13.2. The molecule has 2 aromatic carbocycles. The van der Waals surface area contributed by atoms with Crippen LogP contribution in [0.4, 0.5) is 5.69 Å². The van der Waals surface area contributed by atoms with Gasteiger partial charge in [-0.2, -0.15) is 4.68 Å². The van der Waals surface area contributed by atoms with Crippen LogP contribution in [0.2, 0.25) is 0 Å². The zero-order valence-corrected chi connectivity index (χ0v) is 19.1. The van der Waals surface area contributed by atoms with E-state index in [9.17, 15) is 9.59 Å². The number of amides is 1. The minimum absolute atomic E-state index is 0.0152. The fourth-order valence-corrected chi connectivity index (χ4v) is 4.77. The minimum atomic E-state index is -0.128. The van der Waals surface area contributed by atoms with Gasteiger partial charge in [0.15, 0.2) is 11.0 Å². The highest BCUT2D eigenvalue weighted by molar-refractivity contribution is 7.99. The van der Waals surface area contributed by atoms with Crippen molar-refractivity contribution in [3.63, 3.8) is 0 Å². The second-order valence-electron chi connectivity index (χ2n) is 8.02. The van der Waals surface area contributed by atoms with Gasteiger partial charge in [-0.25, -0.2) is 4.98 Å². The van der Waals surface area contributed by atoms with Crippen molar-refractivity contribution < 1.29 is 9.59 Å². The molecule has 166 valence electrons. The van der Waals surface area contributed by atoms with E-state index in [4.69, 9.17) is 0 Å². The predicted octanol–water partition coefficient (Wildman–Crippen LogP) is 5.46. The molecule has 0 spiro atoms. The highest BCUT2D eigenvalue weighted by atomic mass is 32.2. The zero-order valence-electron chi connectivity index (χ0n) is 18.3. The van der Waals surface area contributed by atoms with E-state index in [1.807, 2.05) is 54.6 Å². The first-order valence-electron chi connectivity index (χ1n) is 11.2. The lowest BCUT2D eigenvalue weighted by molar-refractivity contribution is -0.113. The molecule has 1 aliphatic rings. The number of carbonyl (C=O) groups is 2. The number of thioether (sulfide) groups is 1. The summed E-state index contributed by atoms with van der Waals surface area (Å²) in [6.07, 6.45) is 5.93. The summed E-state index contributed by atoms with van der Waals surface area (Å²) in [5.41, 5.74) is 2.77. The van der Waals surface area contributed by atoms with Gasteiger partial charge in [-0.1, -0.05) is 86.5 Å². The monoisotopic (exact) mass is 448 g/mol. The molecule has 0 aliphatic heterocycles. The molecule has 3 aromatic rings. The number of aromatic nitrogens is 3. The van der Waals surface area contributed by atoms with Gasteiger partial charge < -0.3 is 5.32 Å². The van der Waals surface area contributed by atoms with Crippen molar-refractivity contribution in [2.24, 2.45) is 5.92 Å². The average molecular weight is 449 g/mol. The van der Waals surface area contributed by atoms with E-state index in [1.54, 1.807) is 0 Å². The molecule has 0 unspecified atom stereocenters. The van der Waals surface area contributed by atoms with Gasteiger partial charge in [0.1, 0.15) is 0 Å². The van der Waals surface area contributed by atoms with E-state index in [2.05, 4.69) is 22.3 Å². The number of para-hydroxylation sites is 1. The van der Waals surface area contributed by atoms with E-state index in [-0.39, 0.29) is 23.5 Å². The molecular weight excluding hydrogens is 420 g/mol. The molecule has 1 heterocycles. The Bertz CT molecular complexity index is 1070. The Morgan fingerprint density at radius 1 is 1.03 bits per heavy atom. The lowest BCUT2D eigenvalue weighted by Crippen LogP contribution is -2.26.